The first-order valence-electron chi connectivity index (χ1n) is 9.57. The van der Waals surface area contributed by atoms with Crippen molar-refractivity contribution >= 4 is 38.1 Å². The molecule has 0 bridgehead atoms. The van der Waals surface area contributed by atoms with Crippen LogP contribution in [-0.2, 0) is 14.8 Å². The third-order valence-corrected chi connectivity index (χ3v) is 6.15. The van der Waals surface area contributed by atoms with E-state index in [1.807, 2.05) is 81.4 Å². The van der Waals surface area contributed by atoms with E-state index in [0.29, 0.717) is 17.8 Å². The molecule has 0 unspecified atom stereocenters. The van der Waals surface area contributed by atoms with Gasteiger partial charge in [0.15, 0.2) is 0 Å². The Morgan fingerprint density at radius 3 is 2.41 bits per heavy atom. The Labute approximate surface area is 172 Å². The minimum absolute atomic E-state index is 0.344. The third kappa shape index (κ3) is 4.43. The number of nitrogens with one attached hydrogen (secondary N) is 1. The number of hydrogen-bond donors (Lipinski definition) is 1. The van der Waals surface area contributed by atoms with Crippen LogP contribution in [0.3, 0.4) is 0 Å². The predicted molar refractivity (Wildman–Crippen MR) is 120 cm³/mol. The number of fused-ring (bicyclic) bond motifs is 1. The highest BCUT2D eigenvalue weighted by atomic mass is 32.2. The normalized spacial score (nSPS) is 12.6. The molecule has 0 spiro atoms. The van der Waals surface area contributed by atoms with Gasteiger partial charge in [0, 0.05) is 11.1 Å². The Balaban J connectivity index is 2.03. The van der Waals surface area contributed by atoms with Crippen molar-refractivity contribution in [1.29, 1.82) is 0 Å². The molecule has 0 aliphatic heterocycles. The van der Waals surface area contributed by atoms with Gasteiger partial charge in [-0.2, -0.15) is 0 Å². The van der Waals surface area contributed by atoms with Crippen LogP contribution in [0.15, 0.2) is 60.7 Å². The summed E-state index contributed by atoms with van der Waals surface area (Å²) in [4.78, 5) is 13.2. The number of benzene rings is 3. The molecule has 1 atom stereocenters. The molecule has 0 saturated heterocycles. The number of amides is 1. The van der Waals surface area contributed by atoms with E-state index in [2.05, 4.69) is 5.32 Å². The van der Waals surface area contributed by atoms with Gasteiger partial charge in [-0.3, -0.25) is 9.10 Å². The molecular weight excluding hydrogens is 384 g/mol. The zero-order chi connectivity index (χ0) is 21.2. The molecular formula is C23H26N2O3S. The summed E-state index contributed by atoms with van der Waals surface area (Å²) in [6.45, 7) is 5.57. The van der Waals surface area contributed by atoms with Gasteiger partial charge in [-0.05, 0) is 48.9 Å². The van der Waals surface area contributed by atoms with Gasteiger partial charge in [-0.15, -0.1) is 0 Å². The van der Waals surface area contributed by atoms with Crippen LogP contribution in [0.5, 0.6) is 0 Å². The second-order valence-corrected chi connectivity index (χ2v) is 9.15. The van der Waals surface area contributed by atoms with Crippen molar-refractivity contribution in [1.82, 2.24) is 0 Å². The van der Waals surface area contributed by atoms with Gasteiger partial charge < -0.3 is 5.32 Å². The minimum atomic E-state index is -3.68. The molecule has 1 amide bonds. The van der Waals surface area contributed by atoms with Crippen LogP contribution in [0.25, 0.3) is 10.8 Å². The maximum Gasteiger partial charge on any atom is 0.248 e. The summed E-state index contributed by atoms with van der Waals surface area (Å²) in [5.74, 6) is -0.352. The van der Waals surface area contributed by atoms with Gasteiger partial charge >= 0.3 is 0 Å². The van der Waals surface area contributed by atoms with E-state index in [0.717, 1.165) is 28.2 Å². The van der Waals surface area contributed by atoms with E-state index in [4.69, 9.17) is 0 Å². The van der Waals surface area contributed by atoms with Crippen molar-refractivity contribution in [2.24, 2.45) is 0 Å². The summed E-state index contributed by atoms with van der Waals surface area (Å²) in [6, 6.07) is 18.2. The highest BCUT2D eigenvalue weighted by Gasteiger charge is 2.32. The average molecular weight is 411 g/mol. The number of sulfonamides is 1. The number of nitrogens with zero attached hydrogens (tertiary/aromatic N) is 1. The largest absolute Gasteiger partial charge is 0.324 e. The standard InChI is InChI=1S/C23H26N2O3S/c1-5-21(25(29(4,27)28)22-15-16(2)13-14-17(22)3)23(26)24-20-12-8-10-18-9-6-7-11-19(18)20/h6-15,21H,5H2,1-4H3,(H,24,26)/t21-/m0/s1. The predicted octanol–water partition coefficient (Wildman–Crippen LogP) is 4.64. The fourth-order valence-electron chi connectivity index (χ4n) is 3.54. The highest BCUT2D eigenvalue weighted by Crippen LogP contribution is 2.29. The Morgan fingerprint density at radius 1 is 1.03 bits per heavy atom. The van der Waals surface area contributed by atoms with Crippen molar-refractivity contribution < 1.29 is 13.2 Å². The molecule has 1 N–H and O–H groups in total. The van der Waals surface area contributed by atoms with E-state index in [-0.39, 0.29) is 5.91 Å². The Morgan fingerprint density at radius 2 is 1.72 bits per heavy atom. The van der Waals surface area contributed by atoms with E-state index in [9.17, 15) is 13.2 Å². The lowest BCUT2D eigenvalue weighted by atomic mass is 10.1. The van der Waals surface area contributed by atoms with Crippen molar-refractivity contribution in [2.45, 2.75) is 33.2 Å². The van der Waals surface area contributed by atoms with E-state index >= 15 is 0 Å². The maximum absolute atomic E-state index is 13.2. The number of aryl methyl sites for hydroxylation is 2. The number of hydrogen-bond acceptors (Lipinski definition) is 3. The summed E-state index contributed by atoms with van der Waals surface area (Å²) in [7, 11) is -3.68. The molecule has 152 valence electrons. The van der Waals surface area contributed by atoms with Gasteiger partial charge in [0.2, 0.25) is 15.9 Å². The molecule has 0 aliphatic rings. The molecule has 0 aromatic heterocycles. The fourth-order valence-corrected chi connectivity index (χ4v) is 4.80. The first kappa shape index (κ1) is 20.9. The van der Waals surface area contributed by atoms with Crippen LogP contribution >= 0.6 is 0 Å². The number of rotatable bonds is 6. The Kier molecular flexibility index (Phi) is 5.94. The monoisotopic (exact) mass is 410 g/mol. The second kappa shape index (κ2) is 8.25. The van der Waals surface area contributed by atoms with Gasteiger partial charge in [0.1, 0.15) is 6.04 Å². The average Bonchev–Trinajstić information content (AvgIpc) is 2.67. The van der Waals surface area contributed by atoms with Crippen molar-refractivity contribution in [3.63, 3.8) is 0 Å². The van der Waals surface area contributed by atoms with Crippen LogP contribution in [0, 0.1) is 13.8 Å². The molecule has 29 heavy (non-hydrogen) atoms. The summed E-state index contributed by atoms with van der Waals surface area (Å²) in [6.07, 6.45) is 1.49. The lowest BCUT2D eigenvalue weighted by molar-refractivity contribution is -0.117. The zero-order valence-electron chi connectivity index (χ0n) is 17.1. The van der Waals surface area contributed by atoms with Crippen LogP contribution in [0.4, 0.5) is 11.4 Å². The van der Waals surface area contributed by atoms with Crippen molar-refractivity contribution in [2.75, 3.05) is 15.9 Å². The van der Waals surface area contributed by atoms with Crippen LogP contribution in [0.2, 0.25) is 0 Å². The van der Waals surface area contributed by atoms with Crippen molar-refractivity contribution in [3.8, 4) is 0 Å². The van der Waals surface area contributed by atoms with Crippen LogP contribution in [-0.4, -0.2) is 26.6 Å². The summed E-state index contributed by atoms with van der Waals surface area (Å²) >= 11 is 0. The van der Waals surface area contributed by atoms with E-state index < -0.39 is 16.1 Å². The number of carbonyl (C=O) groups is 1. The van der Waals surface area contributed by atoms with Gasteiger partial charge in [-0.25, -0.2) is 8.42 Å². The van der Waals surface area contributed by atoms with E-state index in [1.165, 1.54) is 4.31 Å². The topological polar surface area (TPSA) is 66.5 Å². The molecule has 0 aliphatic carbocycles. The van der Waals surface area contributed by atoms with Gasteiger partial charge in [0.05, 0.1) is 11.9 Å². The molecule has 0 radical (unpaired) electrons. The van der Waals surface area contributed by atoms with Crippen molar-refractivity contribution in [3.05, 3.63) is 71.8 Å². The second-order valence-electron chi connectivity index (χ2n) is 7.29. The molecule has 3 aromatic rings. The molecule has 5 nitrogen and oxygen atoms in total. The smallest absolute Gasteiger partial charge is 0.248 e. The molecule has 6 heteroatoms. The lowest BCUT2D eigenvalue weighted by Gasteiger charge is -2.31. The van der Waals surface area contributed by atoms with Gasteiger partial charge in [-0.1, -0.05) is 55.5 Å². The lowest BCUT2D eigenvalue weighted by Crippen LogP contribution is -2.47. The fraction of sp³-hybridized carbons (Fsp3) is 0.261. The van der Waals surface area contributed by atoms with Crippen LogP contribution < -0.4 is 9.62 Å². The molecule has 0 fully saturated rings. The molecule has 0 saturated carbocycles. The quantitative estimate of drug-likeness (QED) is 0.644. The Hall–Kier alpha value is -2.86. The molecule has 3 rings (SSSR count). The minimum Gasteiger partial charge on any atom is -0.324 e. The molecule has 0 heterocycles. The highest BCUT2D eigenvalue weighted by molar-refractivity contribution is 7.92. The summed E-state index contributed by atoms with van der Waals surface area (Å²) < 4.78 is 26.7. The Bertz CT molecular complexity index is 1150. The zero-order valence-corrected chi connectivity index (χ0v) is 18.0. The summed E-state index contributed by atoms with van der Waals surface area (Å²) in [5.41, 5.74) is 2.94. The maximum atomic E-state index is 13.2. The third-order valence-electron chi connectivity index (χ3n) is 4.98. The van der Waals surface area contributed by atoms with Crippen LogP contribution in [0.1, 0.15) is 24.5 Å². The first-order chi connectivity index (χ1) is 13.7. The SMILES string of the molecule is CC[C@@H](C(=O)Nc1cccc2ccccc12)N(c1cc(C)ccc1C)S(C)(=O)=O. The first-order valence-corrected chi connectivity index (χ1v) is 11.4. The van der Waals surface area contributed by atoms with E-state index in [1.54, 1.807) is 0 Å². The number of carbonyl (C=O) groups excluding carboxylic acids is 1. The van der Waals surface area contributed by atoms with Gasteiger partial charge in [0.25, 0.3) is 0 Å². The number of anilines is 2. The summed E-state index contributed by atoms with van der Waals surface area (Å²) in [5, 5.41) is 4.87. The molecule has 3 aromatic carbocycles.